The lowest BCUT2D eigenvalue weighted by atomic mass is 9.24. The Kier molecular flexibility index (Phi) is 3.52. The van der Waals surface area contributed by atoms with E-state index in [0.29, 0.717) is 0 Å². The molecule has 96 valence electrons. The number of hydrogen-bond donors (Lipinski definition) is 0. The molecule has 2 aliphatic heterocycles. The highest BCUT2D eigenvalue weighted by Gasteiger charge is 2.42. The first-order valence-corrected chi connectivity index (χ1v) is 7.90. The monoisotopic (exact) mass is 233 g/mol. The van der Waals surface area contributed by atoms with Crippen LogP contribution in [0.25, 0.3) is 0 Å². The van der Waals surface area contributed by atoms with Gasteiger partial charge in [0.05, 0.1) is 0 Å². The Balaban J connectivity index is 1.52. The fourth-order valence-corrected chi connectivity index (χ4v) is 4.90. The highest BCUT2D eigenvalue weighted by atomic mass is 15.1. The lowest BCUT2D eigenvalue weighted by Crippen LogP contribution is -2.44. The zero-order chi connectivity index (χ0) is 11.8. The second-order valence-electron chi connectivity index (χ2n) is 7.24. The Morgan fingerprint density at radius 2 is 1.47 bits per heavy atom. The van der Waals surface area contributed by atoms with E-state index in [4.69, 9.17) is 0 Å². The van der Waals surface area contributed by atoms with E-state index in [1.165, 1.54) is 25.7 Å². The van der Waals surface area contributed by atoms with Gasteiger partial charge in [-0.25, -0.2) is 0 Å². The third-order valence-corrected chi connectivity index (χ3v) is 6.06. The van der Waals surface area contributed by atoms with Crippen LogP contribution in [0.15, 0.2) is 0 Å². The van der Waals surface area contributed by atoms with Gasteiger partial charge in [0.25, 0.3) is 0 Å². The van der Waals surface area contributed by atoms with Crippen molar-refractivity contribution in [3.63, 3.8) is 0 Å². The van der Waals surface area contributed by atoms with Crippen molar-refractivity contribution in [3.05, 3.63) is 0 Å². The third-order valence-electron chi connectivity index (χ3n) is 6.06. The van der Waals surface area contributed by atoms with E-state index in [1.54, 1.807) is 32.0 Å². The van der Waals surface area contributed by atoms with Crippen molar-refractivity contribution in [3.8, 4) is 0 Å². The molecule has 0 amide bonds. The molecule has 0 N–H and O–H groups in total. The van der Waals surface area contributed by atoms with Crippen LogP contribution in [-0.4, -0.2) is 31.7 Å². The molecule has 3 fully saturated rings. The van der Waals surface area contributed by atoms with Crippen molar-refractivity contribution in [1.82, 2.24) is 4.90 Å². The highest BCUT2D eigenvalue weighted by Crippen LogP contribution is 2.50. The number of rotatable bonds is 3. The zero-order valence-electron chi connectivity index (χ0n) is 11.7. The average Bonchev–Trinajstić information content (AvgIpc) is 2.21. The molecule has 0 radical (unpaired) electrons. The largest absolute Gasteiger partial charge is 0.306 e. The van der Waals surface area contributed by atoms with Crippen molar-refractivity contribution in [2.75, 3.05) is 14.1 Å². The maximum Gasteiger partial charge on any atom is 0.146 e. The summed E-state index contributed by atoms with van der Waals surface area (Å²) in [6, 6.07) is 0.906. The van der Waals surface area contributed by atoms with Gasteiger partial charge in [-0.05, 0) is 32.9 Å². The molecule has 3 rings (SSSR count). The van der Waals surface area contributed by atoms with Gasteiger partial charge in [-0.2, -0.15) is 0 Å². The van der Waals surface area contributed by atoms with Gasteiger partial charge in [-0.1, -0.05) is 56.5 Å². The summed E-state index contributed by atoms with van der Waals surface area (Å²) >= 11 is 0. The summed E-state index contributed by atoms with van der Waals surface area (Å²) in [6.07, 6.45) is 13.9. The summed E-state index contributed by atoms with van der Waals surface area (Å²) in [5, 5.41) is 0. The first-order chi connectivity index (χ1) is 8.24. The van der Waals surface area contributed by atoms with Crippen LogP contribution in [0.5, 0.6) is 0 Å². The fourth-order valence-electron chi connectivity index (χ4n) is 4.90. The van der Waals surface area contributed by atoms with Crippen molar-refractivity contribution in [2.45, 2.75) is 75.4 Å². The molecule has 0 atom stereocenters. The molecule has 0 aromatic rings. The minimum Gasteiger partial charge on any atom is -0.306 e. The summed E-state index contributed by atoms with van der Waals surface area (Å²) in [5.74, 6) is 3.33. The summed E-state index contributed by atoms with van der Waals surface area (Å²) in [5.41, 5.74) is 0. The van der Waals surface area contributed by atoms with Crippen LogP contribution in [0.1, 0.15) is 51.4 Å². The topological polar surface area (TPSA) is 3.24 Å². The second-order valence-corrected chi connectivity index (χ2v) is 7.24. The van der Waals surface area contributed by atoms with Gasteiger partial charge in [0.1, 0.15) is 6.71 Å². The Morgan fingerprint density at radius 1 is 0.941 bits per heavy atom. The van der Waals surface area contributed by atoms with E-state index in [9.17, 15) is 0 Å². The zero-order valence-corrected chi connectivity index (χ0v) is 11.7. The molecule has 1 saturated carbocycles. The van der Waals surface area contributed by atoms with Gasteiger partial charge in [-0.3, -0.25) is 0 Å². The van der Waals surface area contributed by atoms with Crippen LogP contribution in [0, 0.1) is 5.92 Å². The molecule has 0 spiro atoms. The van der Waals surface area contributed by atoms with Crippen LogP contribution in [-0.2, 0) is 0 Å². The lowest BCUT2D eigenvalue weighted by Gasteiger charge is -2.46. The summed E-state index contributed by atoms with van der Waals surface area (Å²) in [7, 11) is 4.49. The number of fused-ring (bicyclic) bond motifs is 2. The van der Waals surface area contributed by atoms with Crippen molar-refractivity contribution >= 4 is 6.71 Å². The molecule has 2 heteroatoms. The number of hydrogen-bond acceptors (Lipinski definition) is 1. The van der Waals surface area contributed by atoms with Gasteiger partial charge >= 0.3 is 0 Å². The lowest BCUT2D eigenvalue weighted by molar-refractivity contribution is 0.134. The van der Waals surface area contributed by atoms with Gasteiger partial charge in [0.15, 0.2) is 0 Å². The maximum atomic E-state index is 2.43. The fraction of sp³-hybridized carbons (Fsp3) is 1.00. The standard InChI is InChI=1S/C15H28BN/c1-17(2)15-9-12(10-15)11-16-13-5-3-6-14(16)8-4-7-13/h12-15H,3-11H2,1-2H3. The molecule has 1 aliphatic carbocycles. The highest BCUT2D eigenvalue weighted by molar-refractivity contribution is 6.62. The Morgan fingerprint density at radius 3 is 1.94 bits per heavy atom. The molecule has 2 bridgehead atoms. The summed E-state index contributed by atoms with van der Waals surface area (Å²) in [4.78, 5) is 2.43. The second kappa shape index (κ2) is 4.95. The molecule has 17 heavy (non-hydrogen) atoms. The predicted molar refractivity (Wildman–Crippen MR) is 76.0 cm³/mol. The summed E-state index contributed by atoms with van der Waals surface area (Å²) in [6.45, 7) is 1.13. The SMILES string of the molecule is CN(C)C1CC(CB2C3CCCC2CCC3)C1. The van der Waals surface area contributed by atoms with E-state index in [0.717, 1.165) is 30.3 Å². The van der Waals surface area contributed by atoms with Crippen molar-refractivity contribution in [1.29, 1.82) is 0 Å². The molecule has 0 aromatic heterocycles. The smallest absolute Gasteiger partial charge is 0.146 e. The average molecular weight is 233 g/mol. The molecule has 2 saturated heterocycles. The molecular weight excluding hydrogens is 205 g/mol. The maximum absolute atomic E-state index is 2.43. The molecule has 2 heterocycles. The van der Waals surface area contributed by atoms with E-state index < -0.39 is 0 Å². The molecule has 1 nitrogen and oxygen atoms in total. The van der Waals surface area contributed by atoms with Crippen LogP contribution >= 0.6 is 0 Å². The van der Waals surface area contributed by atoms with E-state index in [2.05, 4.69) is 19.0 Å². The van der Waals surface area contributed by atoms with Crippen molar-refractivity contribution < 1.29 is 0 Å². The van der Waals surface area contributed by atoms with E-state index in [1.807, 2.05) is 0 Å². The Hall–Kier alpha value is 0.0249. The Bertz CT molecular complexity index is 238. The first-order valence-electron chi connectivity index (χ1n) is 7.90. The van der Waals surface area contributed by atoms with Crippen LogP contribution in [0.2, 0.25) is 18.0 Å². The van der Waals surface area contributed by atoms with Crippen molar-refractivity contribution in [2.24, 2.45) is 5.92 Å². The van der Waals surface area contributed by atoms with E-state index >= 15 is 0 Å². The minimum atomic E-state index is 0.906. The van der Waals surface area contributed by atoms with Gasteiger partial charge in [-0.15, -0.1) is 0 Å². The Labute approximate surface area is 107 Å². The quantitative estimate of drug-likeness (QED) is 0.667. The van der Waals surface area contributed by atoms with E-state index in [-0.39, 0.29) is 0 Å². The van der Waals surface area contributed by atoms with Crippen LogP contribution < -0.4 is 0 Å². The first kappa shape index (κ1) is 12.1. The number of nitrogens with zero attached hydrogens (tertiary/aromatic N) is 1. The van der Waals surface area contributed by atoms with Crippen LogP contribution in [0.3, 0.4) is 0 Å². The third kappa shape index (κ3) is 2.43. The summed E-state index contributed by atoms with van der Waals surface area (Å²) < 4.78 is 0. The minimum absolute atomic E-state index is 0.906. The predicted octanol–water partition coefficient (Wildman–Crippen LogP) is 3.93. The molecule has 0 unspecified atom stereocenters. The van der Waals surface area contributed by atoms with Gasteiger partial charge in [0, 0.05) is 6.04 Å². The van der Waals surface area contributed by atoms with Gasteiger partial charge < -0.3 is 4.90 Å². The molecule has 3 aliphatic rings. The molecule has 0 aromatic carbocycles. The molecular formula is C15H28BN. The van der Waals surface area contributed by atoms with Gasteiger partial charge in [0.2, 0.25) is 0 Å². The normalized spacial score (nSPS) is 41.5. The van der Waals surface area contributed by atoms with Crippen LogP contribution in [0.4, 0.5) is 0 Å².